The molecule has 92 valence electrons. The zero-order valence-electron chi connectivity index (χ0n) is 9.64. The second kappa shape index (κ2) is 5.83. The molecule has 2 N–H and O–H groups in total. The van der Waals surface area contributed by atoms with Crippen LogP contribution in [-0.4, -0.2) is 29.1 Å². The van der Waals surface area contributed by atoms with Gasteiger partial charge in [-0.05, 0) is 6.07 Å². The third kappa shape index (κ3) is 4.10. The number of pyridine rings is 1. The Morgan fingerprint density at radius 1 is 1.53 bits per heavy atom. The Morgan fingerprint density at radius 2 is 2.24 bits per heavy atom. The molecule has 0 radical (unpaired) electrons. The van der Waals surface area contributed by atoms with Gasteiger partial charge in [0.25, 0.3) is 0 Å². The van der Waals surface area contributed by atoms with Gasteiger partial charge in [0.2, 0.25) is 11.8 Å². The largest absolute Gasteiger partial charge is 0.481 e. The lowest BCUT2D eigenvalue weighted by Crippen LogP contribution is -2.28. The van der Waals surface area contributed by atoms with Gasteiger partial charge in [0.1, 0.15) is 0 Å². The van der Waals surface area contributed by atoms with Crippen LogP contribution in [0.5, 0.6) is 5.88 Å². The van der Waals surface area contributed by atoms with Gasteiger partial charge in [0.05, 0.1) is 25.3 Å². The monoisotopic (exact) mass is 238 g/mol. The van der Waals surface area contributed by atoms with Gasteiger partial charge in [-0.25, -0.2) is 4.98 Å². The number of ether oxygens (including phenoxy) is 1. The quantitative estimate of drug-likeness (QED) is 0.789. The number of carbonyl (C=O) groups excluding carboxylic acids is 1. The highest BCUT2D eigenvalue weighted by Crippen LogP contribution is 2.17. The molecule has 6 nitrogen and oxygen atoms in total. The van der Waals surface area contributed by atoms with Crippen LogP contribution >= 0.6 is 0 Å². The molecule has 1 amide bonds. The van der Waals surface area contributed by atoms with E-state index in [0.29, 0.717) is 11.6 Å². The number of methoxy groups -OCH3 is 1. The van der Waals surface area contributed by atoms with Crippen LogP contribution in [0.4, 0.5) is 0 Å². The van der Waals surface area contributed by atoms with Crippen LogP contribution in [0.15, 0.2) is 18.2 Å². The highest BCUT2D eigenvalue weighted by molar-refractivity contribution is 5.75. The van der Waals surface area contributed by atoms with Crippen molar-refractivity contribution in [1.29, 1.82) is 0 Å². The van der Waals surface area contributed by atoms with Gasteiger partial charge >= 0.3 is 5.97 Å². The number of nitrogens with zero attached hydrogens (tertiary/aromatic N) is 1. The smallest absolute Gasteiger partial charge is 0.305 e. The molecule has 17 heavy (non-hydrogen) atoms. The second-order valence-corrected chi connectivity index (χ2v) is 3.46. The molecule has 1 atom stereocenters. The molecule has 0 aromatic carbocycles. The summed E-state index contributed by atoms with van der Waals surface area (Å²) in [5, 5.41) is 11.3. The van der Waals surface area contributed by atoms with Crippen molar-refractivity contribution >= 4 is 11.9 Å². The van der Waals surface area contributed by atoms with Crippen molar-refractivity contribution in [3.8, 4) is 5.88 Å². The zero-order chi connectivity index (χ0) is 12.8. The number of amides is 1. The van der Waals surface area contributed by atoms with Crippen LogP contribution in [0.25, 0.3) is 0 Å². The molecule has 0 aliphatic heterocycles. The van der Waals surface area contributed by atoms with E-state index in [1.807, 2.05) is 0 Å². The Morgan fingerprint density at radius 3 is 2.76 bits per heavy atom. The second-order valence-electron chi connectivity index (χ2n) is 3.46. The van der Waals surface area contributed by atoms with Crippen molar-refractivity contribution < 1.29 is 19.4 Å². The van der Waals surface area contributed by atoms with E-state index in [-0.39, 0.29) is 12.3 Å². The van der Waals surface area contributed by atoms with Crippen molar-refractivity contribution in [3.63, 3.8) is 0 Å². The molecule has 1 heterocycles. The first kappa shape index (κ1) is 13.0. The molecule has 0 spiro atoms. The van der Waals surface area contributed by atoms with E-state index in [0.717, 1.165) is 0 Å². The summed E-state index contributed by atoms with van der Waals surface area (Å²) < 4.78 is 4.94. The number of aromatic nitrogens is 1. The summed E-state index contributed by atoms with van der Waals surface area (Å²) in [5.74, 6) is -0.933. The fourth-order valence-electron chi connectivity index (χ4n) is 1.39. The first-order valence-electron chi connectivity index (χ1n) is 5.02. The molecule has 1 aromatic rings. The minimum absolute atomic E-state index is 0.222. The summed E-state index contributed by atoms with van der Waals surface area (Å²) in [7, 11) is 1.47. The van der Waals surface area contributed by atoms with E-state index in [2.05, 4.69) is 10.3 Å². The first-order chi connectivity index (χ1) is 8.02. The van der Waals surface area contributed by atoms with Crippen LogP contribution in [0.1, 0.15) is 25.1 Å². The summed E-state index contributed by atoms with van der Waals surface area (Å²) >= 11 is 0. The maximum absolute atomic E-state index is 11.0. The molecule has 0 aliphatic carbocycles. The van der Waals surface area contributed by atoms with Gasteiger partial charge in [-0.2, -0.15) is 0 Å². The van der Waals surface area contributed by atoms with Crippen molar-refractivity contribution in [1.82, 2.24) is 10.3 Å². The standard InChI is InChI=1S/C11H14N2O4/c1-7(14)12-9(6-11(15)16)8-4-3-5-10(13-8)17-2/h3-5,9H,6H2,1-2H3,(H,12,14)(H,15,16). The lowest BCUT2D eigenvalue weighted by Gasteiger charge is -2.15. The number of carboxylic acid groups (broad SMARTS) is 1. The number of rotatable bonds is 5. The Bertz CT molecular complexity index is 404. The van der Waals surface area contributed by atoms with Gasteiger partial charge in [-0.15, -0.1) is 0 Å². The molecule has 0 saturated heterocycles. The van der Waals surface area contributed by atoms with E-state index in [4.69, 9.17) is 9.84 Å². The fourth-order valence-corrected chi connectivity index (χ4v) is 1.39. The summed E-state index contributed by atoms with van der Waals surface area (Å²) in [6, 6.07) is 4.33. The molecule has 1 unspecified atom stereocenters. The van der Waals surface area contributed by atoms with Crippen molar-refractivity contribution in [2.24, 2.45) is 0 Å². The maximum atomic E-state index is 11.0. The van der Waals surface area contributed by atoms with E-state index >= 15 is 0 Å². The predicted octanol–water partition coefficient (Wildman–Crippen LogP) is 0.742. The van der Waals surface area contributed by atoms with Crippen LogP contribution < -0.4 is 10.1 Å². The first-order valence-corrected chi connectivity index (χ1v) is 5.02. The minimum atomic E-state index is -1.01. The molecule has 0 bridgehead atoms. The number of aliphatic carboxylic acids is 1. The Kier molecular flexibility index (Phi) is 4.45. The van der Waals surface area contributed by atoms with Gasteiger partial charge in [0, 0.05) is 13.0 Å². The van der Waals surface area contributed by atoms with E-state index in [9.17, 15) is 9.59 Å². The lowest BCUT2D eigenvalue weighted by atomic mass is 10.1. The lowest BCUT2D eigenvalue weighted by molar-refractivity contribution is -0.137. The fraction of sp³-hybridized carbons (Fsp3) is 0.364. The molecular weight excluding hydrogens is 224 g/mol. The predicted molar refractivity (Wildman–Crippen MR) is 59.6 cm³/mol. The average Bonchev–Trinajstić information content (AvgIpc) is 2.27. The molecule has 6 heteroatoms. The van der Waals surface area contributed by atoms with Crippen molar-refractivity contribution in [2.75, 3.05) is 7.11 Å². The number of carboxylic acids is 1. The highest BCUT2D eigenvalue weighted by Gasteiger charge is 2.18. The van der Waals surface area contributed by atoms with Crippen molar-refractivity contribution in [2.45, 2.75) is 19.4 Å². The molecule has 0 aliphatic rings. The molecule has 1 aromatic heterocycles. The number of hydrogen-bond acceptors (Lipinski definition) is 4. The zero-order valence-corrected chi connectivity index (χ0v) is 9.64. The number of nitrogens with one attached hydrogen (secondary N) is 1. The Hall–Kier alpha value is -2.11. The average molecular weight is 238 g/mol. The van der Waals surface area contributed by atoms with Crippen LogP contribution in [-0.2, 0) is 9.59 Å². The summed E-state index contributed by atoms with van der Waals surface area (Å²) in [4.78, 5) is 25.8. The third-order valence-electron chi connectivity index (χ3n) is 2.07. The van der Waals surface area contributed by atoms with E-state index < -0.39 is 12.0 Å². The summed E-state index contributed by atoms with van der Waals surface area (Å²) in [6.45, 7) is 1.33. The maximum Gasteiger partial charge on any atom is 0.305 e. The molecule has 0 fully saturated rings. The van der Waals surface area contributed by atoms with Crippen LogP contribution in [0.2, 0.25) is 0 Å². The van der Waals surface area contributed by atoms with E-state index in [1.54, 1.807) is 18.2 Å². The third-order valence-corrected chi connectivity index (χ3v) is 2.07. The summed E-state index contributed by atoms with van der Waals surface area (Å²) in [6.07, 6.45) is -0.222. The van der Waals surface area contributed by atoms with Gasteiger partial charge < -0.3 is 15.2 Å². The topological polar surface area (TPSA) is 88.5 Å². The normalized spacial score (nSPS) is 11.6. The highest BCUT2D eigenvalue weighted by atomic mass is 16.5. The van der Waals surface area contributed by atoms with Gasteiger partial charge in [-0.3, -0.25) is 9.59 Å². The minimum Gasteiger partial charge on any atom is -0.481 e. The van der Waals surface area contributed by atoms with Gasteiger partial charge in [0.15, 0.2) is 0 Å². The van der Waals surface area contributed by atoms with Crippen molar-refractivity contribution in [3.05, 3.63) is 23.9 Å². The Labute approximate surface area is 98.6 Å². The van der Waals surface area contributed by atoms with Crippen LogP contribution in [0.3, 0.4) is 0 Å². The SMILES string of the molecule is COc1cccc(C(CC(=O)O)NC(C)=O)n1. The van der Waals surface area contributed by atoms with E-state index in [1.165, 1.54) is 14.0 Å². The number of hydrogen-bond donors (Lipinski definition) is 2. The van der Waals surface area contributed by atoms with Gasteiger partial charge in [-0.1, -0.05) is 6.07 Å². The Balaban J connectivity index is 2.94. The molecule has 0 saturated carbocycles. The number of carbonyl (C=O) groups is 2. The van der Waals surface area contributed by atoms with Crippen LogP contribution in [0, 0.1) is 0 Å². The molecule has 1 rings (SSSR count). The summed E-state index contributed by atoms with van der Waals surface area (Å²) in [5.41, 5.74) is 0.460. The molecular formula is C11H14N2O4.